The number of hydrazone groups is 1. The molecular weight excluding hydrogens is 520 g/mol. The molecule has 0 atom stereocenters. The molecule has 1 N–H and O–H groups in total. The number of anilines is 1. The van der Waals surface area contributed by atoms with E-state index in [-0.39, 0.29) is 10.6 Å². The van der Waals surface area contributed by atoms with Crippen LogP contribution in [-0.2, 0) is 14.8 Å². The van der Waals surface area contributed by atoms with Crippen molar-refractivity contribution in [3.63, 3.8) is 0 Å². The minimum atomic E-state index is -4.03. The molecule has 0 saturated heterocycles. The van der Waals surface area contributed by atoms with Gasteiger partial charge in [0.15, 0.2) is 0 Å². The number of carbonyl (C=O) groups excluding carboxylic acids is 1. The zero-order valence-electron chi connectivity index (χ0n) is 21.6. The van der Waals surface area contributed by atoms with Crippen LogP contribution in [-0.4, -0.2) is 31.7 Å². The zero-order valence-corrected chi connectivity index (χ0v) is 23.2. The lowest BCUT2D eigenvalue weighted by molar-refractivity contribution is -0.119. The van der Waals surface area contributed by atoms with E-state index in [0.29, 0.717) is 5.02 Å². The van der Waals surface area contributed by atoms with Crippen molar-refractivity contribution < 1.29 is 13.2 Å². The Hall–Kier alpha value is -3.88. The molecule has 7 nitrogen and oxygen atoms in total. The van der Waals surface area contributed by atoms with Crippen LogP contribution in [0, 0.1) is 27.7 Å². The average molecular weight is 549 g/mol. The lowest BCUT2D eigenvalue weighted by Crippen LogP contribution is -2.39. The third-order valence-electron chi connectivity index (χ3n) is 6.04. The third-order valence-corrected chi connectivity index (χ3v) is 8.07. The van der Waals surface area contributed by atoms with Gasteiger partial charge < -0.3 is 4.57 Å². The maximum atomic E-state index is 13.4. The van der Waals surface area contributed by atoms with Crippen LogP contribution in [0.2, 0.25) is 5.02 Å². The summed E-state index contributed by atoms with van der Waals surface area (Å²) in [5.41, 5.74) is 8.98. The van der Waals surface area contributed by atoms with E-state index in [0.717, 1.165) is 26.9 Å². The molecule has 0 aliphatic rings. The molecule has 0 spiro atoms. The Kier molecular flexibility index (Phi) is 8.04. The van der Waals surface area contributed by atoms with Gasteiger partial charge in [-0.15, -0.1) is 0 Å². The molecule has 196 valence electrons. The van der Waals surface area contributed by atoms with Crippen molar-refractivity contribution in [2.45, 2.75) is 32.6 Å². The number of aromatic nitrogens is 1. The Morgan fingerprint density at radius 2 is 1.63 bits per heavy atom. The second-order valence-electron chi connectivity index (χ2n) is 9.11. The smallest absolute Gasteiger partial charge is 0.264 e. The first-order valence-electron chi connectivity index (χ1n) is 12.0. The number of nitrogens with zero attached hydrogens (tertiary/aromatic N) is 3. The number of benzene rings is 3. The van der Waals surface area contributed by atoms with Gasteiger partial charge in [-0.05, 0) is 87.4 Å². The predicted molar refractivity (Wildman–Crippen MR) is 153 cm³/mol. The van der Waals surface area contributed by atoms with Crippen molar-refractivity contribution in [2.75, 3.05) is 10.8 Å². The summed E-state index contributed by atoms with van der Waals surface area (Å²) in [4.78, 5) is 12.9. The van der Waals surface area contributed by atoms with Gasteiger partial charge >= 0.3 is 0 Å². The standard InChI is InChI=1S/C29H29ClN4O3S/c1-20-13-21(2)15-27(14-20)34-22(3)16-24(23(34)4)18-31-32-29(35)19-33(26-10-8-9-25(30)17-26)38(36,37)28-11-6-5-7-12-28/h5-18H,19H2,1-4H3,(H,32,35)/b31-18+. The number of amides is 1. The van der Waals surface area contributed by atoms with Gasteiger partial charge in [0.05, 0.1) is 16.8 Å². The van der Waals surface area contributed by atoms with E-state index in [2.05, 4.69) is 47.1 Å². The number of hydrogen-bond donors (Lipinski definition) is 1. The lowest BCUT2D eigenvalue weighted by atomic mass is 10.1. The van der Waals surface area contributed by atoms with Crippen molar-refractivity contribution in [2.24, 2.45) is 5.10 Å². The largest absolute Gasteiger partial charge is 0.318 e. The molecule has 3 aromatic carbocycles. The van der Waals surface area contributed by atoms with Crippen molar-refractivity contribution >= 4 is 39.4 Å². The van der Waals surface area contributed by atoms with Gasteiger partial charge in [-0.25, -0.2) is 13.8 Å². The number of sulfonamides is 1. The van der Waals surface area contributed by atoms with E-state index < -0.39 is 22.5 Å². The van der Waals surface area contributed by atoms with Crippen molar-refractivity contribution in [3.05, 3.63) is 112 Å². The van der Waals surface area contributed by atoms with Gasteiger partial charge in [0.25, 0.3) is 15.9 Å². The number of hydrogen-bond acceptors (Lipinski definition) is 4. The van der Waals surface area contributed by atoms with Crippen molar-refractivity contribution in [3.8, 4) is 5.69 Å². The lowest BCUT2D eigenvalue weighted by Gasteiger charge is -2.23. The highest BCUT2D eigenvalue weighted by molar-refractivity contribution is 7.92. The molecule has 4 aromatic rings. The first kappa shape index (κ1) is 27.2. The van der Waals surface area contributed by atoms with Crippen LogP contribution in [0.5, 0.6) is 0 Å². The molecule has 1 heterocycles. The topological polar surface area (TPSA) is 83.8 Å². The molecule has 1 amide bonds. The van der Waals surface area contributed by atoms with Gasteiger partial charge in [-0.3, -0.25) is 9.10 Å². The Labute approximate surface area is 228 Å². The minimum absolute atomic E-state index is 0.0649. The maximum absolute atomic E-state index is 13.4. The highest BCUT2D eigenvalue weighted by Crippen LogP contribution is 2.26. The molecule has 1 aromatic heterocycles. The fourth-order valence-electron chi connectivity index (χ4n) is 4.40. The van der Waals surface area contributed by atoms with Gasteiger partial charge in [-0.2, -0.15) is 5.10 Å². The van der Waals surface area contributed by atoms with Gasteiger partial charge in [0.1, 0.15) is 6.54 Å². The number of carbonyl (C=O) groups is 1. The van der Waals surface area contributed by atoms with E-state index in [1.165, 1.54) is 29.3 Å². The maximum Gasteiger partial charge on any atom is 0.264 e. The number of halogens is 1. The Morgan fingerprint density at radius 1 is 0.947 bits per heavy atom. The molecule has 0 fully saturated rings. The molecule has 0 aliphatic carbocycles. The highest BCUT2D eigenvalue weighted by atomic mass is 35.5. The summed E-state index contributed by atoms with van der Waals surface area (Å²) < 4.78 is 30.0. The van der Waals surface area contributed by atoms with Crippen molar-refractivity contribution in [1.82, 2.24) is 9.99 Å². The third kappa shape index (κ3) is 5.98. The second kappa shape index (κ2) is 11.2. The normalized spacial score (nSPS) is 11.6. The number of rotatable bonds is 8. The molecule has 0 aliphatic heterocycles. The fourth-order valence-corrected chi connectivity index (χ4v) is 6.02. The first-order chi connectivity index (χ1) is 18.1. The van der Waals surface area contributed by atoms with Crippen LogP contribution < -0.4 is 9.73 Å². The van der Waals surface area contributed by atoms with Crippen molar-refractivity contribution in [1.29, 1.82) is 0 Å². The monoisotopic (exact) mass is 548 g/mol. The van der Waals surface area contributed by atoms with E-state index in [1.54, 1.807) is 42.6 Å². The molecule has 0 unspecified atom stereocenters. The van der Waals surface area contributed by atoms with E-state index in [9.17, 15) is 13.2 Å². The Morgan fingerprint density at radius 3 is 2.29 bits per heavy atom. The fraction of sp³-hybridized carbons (Fsp3) is 0.172. The van der Waals surface area contributed by atoms with Crippen LogP contribution >= 0.6 is 11.6 Å². The minimum Gasteiger partial charge on any atom is -0.318 e. The van der Waals surface area contributed by atoms with Gasteiger partial charge in [0.2, 0.25) is 0 Å². The summed E-state index contributed by atoms with van der Waals surface area (Å²) in [6.07, 6.45) is 1.56. The summed E-state index contributed by atoms with van der Waals surface area (Å²) in [5.74, 6) is -0.594. The molecule has 4 rings (SSSR count). The molecular formula is C29H29ClN4O3S. The predicted octanol–water partition coefficient (Wildman–Crippen LogP) is 5.71. The summed E-state index contributed by atoms with van der Waals surface area (Å²) in [6, 6.07) is 22.6. The van der Waals surface area contributed by atoms with Crippen LogP contribution in [0.25, 0.3) is 5.69 Å². The quantitative estimate of drug-likeness (QED) is 0.226. The van der Waals surface area contributed by atoms with E-state index >= 15 is 0 Å². The zero-order chi connectivity index (χ0) is 27.4. The summed E-state index contributed by atoms with van der Waals surface area (Å²) in [5, 5.41) is 4.47. The molecule has 9 heteroatoms. The number of nitrogens with one attached hydrogen (secondary N) is 1. The average Bonchev–Trinajstić information content (AvgIpc) is 3.15. The van der Waals surface area contributed by atoms with Crippen LogP contribution in [0.1, 0.15) is 28.1 Å². The van der Waals surface area contributed by atoms with E-state index in [1.807, 2.05) is 19.9 Å². The second-order valence-corrected chi connectivity index (χ2v) is 11.4. The molecule has 0 radical (unpaired) electrons. The summed E-state index contributed by atoms with van der Waals surface area (Å²) in [7, 11) is -4.03. The SMILES string of the molecule is Cc1cc(C)cc(-n2c(C)cc(/C=N/NC(=O)CN(c3cccc(Cl)c3)S(=O)(=O)c3ccccc3)c2C)c1. The molecule has 38 heavy (non-hydrogen) atoms. The Bertz CT molecular complexity index is 1590. The molecule has 0 saturated carbocycles. The van der Waals surface area contributed by atoms with Crippen LogP contribution in [0.3, 0.4) is 0 Å². The van der Waals surface area contributed by atoms with Crippen LogP contribution in [0.4, 0.5) is 5.69 Å². The van der Waals surface area contributed by atoms with E-state index in [4.69, 9.17) is 11.6 Å². The number of aryl methyl sites for hydroxylation is 3. The summed E-state index contributed by atoms with van der Waals surface area (Å²) in [6.45, 7) is 7.65. The van der Waals surface area contributed by atoms with Gasteiger partial charge in [0, 0.05) is 27.7 Å². The molecule has 0 bridgehead atoms. The highest BCUT2D eigenvalue weighted by Gasteiger charge is 2.27. The Balaban J connectivity index is 1.55. The first-order valence-corrected chi connectivity index (χ1v) is 13.8. The van der Waals surface area contributed by atoms with Crippen LogP contribution in [0.15, 0.2) is 88.9 Å². The van der Waals surface area contributed by atoms with Gasteiger partial charge in [-0.1, -0.05) is 41.9 Å². The summed E-state index contributed by atoms with van der Waals surface area (Å²) >= 11 is 6.12.